The molecule has 0 aromatic carbocycles. The second-order valence-corrected chi connectivity index (χ2v) is 3.20. The van der Waals surface area contributed by atoms with E-state index in [4.69, 9.17) is 9.47 Å². The third-order valence-electron chi connectivity index (χ3n) is 2.52. The molecule has 2 saturated heterocycles. The highest BCUT2D eigenvalue weighted by atomic mass is 16.7. The number of hydrogen-bond acceptors (Lipinski definition) is 4. The Kier molecular flexibility index (Phi) is 2.02. The third kappa shape index (κ3) is 1.32. The predicted octanol–water partition coefficient (Wildman–Crippen LogP) is 0.441. The van der Waals surface area contributed by atoms with Crippen molar-refractivity contribution in [1.82, 2.24) is 5.01 Å². The van der Waals surface area contributed by atoms with Crippen LogP contribution in [-0.2, 0) is 9.47 Å². The lowest BCUT2D eigenvalue weighted by Crippen LogP contribution is -2.43. The van der Waals surface area contributed by atoms with E-state index in [-0.39, 0.29) is 5.79 Å². The first-order valence-electron chi connectivity index (χ1n) is 4.34. The van der Waals surface area contributed by atoms with Gasteiger partial charge in [-0.25, -0.2) is 0 Å². The van der Waals surface area contributed by atoms with Gasteiger partial charge < -0.3 is 9.47 Å². The molecule has 2 aliphatic heterocycles. The first kappa shape index (κ1) is 8.01. The van der Waals surface area contributed by atoms with Crippen molar-refractivity contribution in [1.29, 1.82) is 0 Å². The van der Waals surface area contributed by atoms with Gasteiger partial charge in [-0.1, -0.05) is 0 Å². The van der Waals surface area contributed by atoms with E-state index in [0.29, 0.717) is 0 Å². The molecule has 4 nitrogen and oxygen atoms in total. The van der Waals surface area contributed by atoms with Crippen LogP contribution in [0.2, 0.25) is 0 Å². The van der Waals surface area contributed by atoms with E-state index in [2.05, 4.69) is 11.8 Å². The van der Waals surface area contributed by atoms with Crippen molar-refractivity contribution in [3.63, 3.8) is 0 Å². The van der Waals surface area contributed by atoms with Gasteiger partial charge in [0.2, 0.25) is 0 Å². The minimum atomic E-state index is -0.277. The molecule has 0 aromatic rings. The van der Waals surface area contributed by atoms with Crippen LogP contribution in [0.1, 0.15) is 12.8 Å². The molecule has 0 aromatic heterocycles. The molecule has 12 heavy (non-hydrogen) atoms. The molecule has 68 valence electrons. The highest BCUT2D eigenvalue weighted by Gasteiger charge is 2.39. The molecule has 1 spiro atoms. The maximum Gasteiger partial charge on any atom is 0.172 e. The van der Waals surface area contributed by atoms with Crippen LogP contribution in [0.4, 0.5) is 0 Å². The zero-order valence-corrected chi connectivity index (χ0v) is 7.16. The van der Waals surface area contributed by atoms with Crippen LogP contribution in [0.15, 0.2) is 5.10 Å². The summed E-state index contributed by atoms with van der Waals surface area (Å²) < 4.78 is 11.1. The molecule has 2 rings (SSSR count). The zero-order chi connectivity index (χ0) is 8.44. The number of rotatable bonds is 1. The van der Waals surface area contributed by atoms with E-state index >= 15 is 0 Å². The lowest BCUT2D eigenvalue weighted by atomic mass is 10.1. The van der Waals surface area contributed by atoms with Crippen molar-refractivity contribution in [2.75, 3.05) is 26.3 Å². The van der Waals surface area contributed by atoms with E-state index in [1.807, 2.05) is 5.01 Å². The van der Waals surface area contributed by atoms with Gasteiger partial charge >= 0.3 is 0 Å². The normalized spacial score (nSPS) is 27.8. The van der Waals surface area contributed by atoms with Gasteiger partial charge in [0.1, 0.15) is 0 Å². The van der Waals surface area contributed by atoms with Crippen molar-refractivity contribution < 1.29 is 9.47 Å². The third-order valence-corrected chi connectivity index (χ3v) is 2.52. The van der Waals surface area contributed by atoms with E-state index in [1.54, 1.807) is 0 Å². The van der Waals surface area contributed by atoms with Crippen molar-refractivity contribution in [2.45, 2.75) is 18.6 Å². The van der Waals surface area contributed by atoms with Crippen LogP contribution in [0.25, 0.3) is 0 Å². The molecule has 0 N–H and O–H groups in total. The number of ether oxygens (including phenoxy) is 2. The van der Waals surface area contributed by atoms with Crippen molar-refractivity contribution in [3.8, 4) is 0 Å². The predicted molar refractivity (Wildman–Crippen MR) is 45.0 cm³/mol. The van der Waals surface area contributed by atoms with Gasteiger partial charge in [0.15, 0.2) is 5.79 Å². The Balaban J connectivity index is 1.92. The molecule has 0 aliphatic carbocycles. The van der Waals surface area contributed by atoms with Gasteiger partial charge in [0.25, 0.3) is 0 Å². The van der Waals surface area contributed by atoms with Crippen molar-refractivity contribution in [2.24, 2.45) is 5.10 Å². The van der Waals surface area contributed by atoms with Crippen LogP contribution in [0.5, 0.6) is 0 Å². The summed E-state index contributed by atoms with van der Waals surface area (Å²) in [6, 6.07) is 0. The van der Waals surface area contributed by atoms with E-state index in [1.165, 1.54) is 0 Å². The summed E-state index contributed by atoms with van der Waals surface area (Å²) in [5.41, 5.74) is 0. The molecule has 0 amide bonds. The van der Waals surface area contributed by atoms with Gasteiger partial charge in [-0.05, 0) is 0 Å². The fraction of sp³-hybridized carbons (Fsp3) is 0.875. The molecule has 0 radical (unpaired) electrons. The lowest BCUT2D eigenvalue weighted by molar-refractivity contribution is -0.185. The highest BCUT2D eigenvalue weighted by Crippen LogP contribution is 2.30. The summed E-state index contributed by atoms with van der Waals surface area (Å²) in [4.78, 5) is 0. The highest BCUT2D eigenvalue weighted by molar-refractivity contribution is 5.22. The first-order valence-corrected chi connectivity index (χ1v) is 4.34. The lowest BCUT2D eigenvalue weighted by Gasteiger charge is -2.35. The standard InChI is InChI=1S/C8H14N2O2/c1-9-10-4-2-8(3-5-10)11-6-7-12-8/h1-7H2. The van der Waals surface area contributed by atoms with Crippen LogP contribution in [0.3, 0.4) is 0 Å². The summed E-state index contributed by atoms with van der Waals surface area (Å²) in [6.07, 6.45) is 1.82. The first-order chi connectivity index (χ1) is 5.85. The summed E-state index contributed by atoms with van der Waals surface area (Å²) in [5, 5.41) is 5.83. The molecular formula is C8H14N2O2. The summed E-state index contributed by atoms with van der Waals surface area (Å²) in [6.45, 7) is 6.75. The minimum Gasteiger partial charge on any atom is -0.347 e. The molecule has 2 aliphatic rings. The molecular weight excluding hydrogens is 156 g/mol. The average Bonchev–Trinajstić information content (AvgIpc) is 2.55. The van der Waals surface area contributed by atoms with Gasteiger partial charge in [0, 0.05) is 32.6 Å². The fourth-order valence-electron chi connectivity index (χ4n) is 1.76. The number of piperidine rings is 1. The van der Waals surface area contributed by atoms with Crippen LogP contribution >= 0.6 is 0 Å². The van der Waals surface area contributed by atoms with E-state index in [9.17, 15) is 0 Å². The molecule has 4 heteroatoms. The number of hydrazone groups is 1. The molecule has 0 atom stereocenters. The van der Waals surface area contributed by atoms with Gasteiger partial charge in [0.05, 0.1) is 13.2 Å². The Morgan fingerprint density at radius 3 is 2.25 bits per heavy atom. The smallest absolute Gasteiger partial charge is 0.172 e. The number of nitrogens with zero attached hydrogens (tertiary/aromatic N) is 2. The average molecular weight is 170 g/mol. The van der Waals surface area contributed by atoms with Crippen LogP contribution in [-0.4, -0.2) is 43.8 Å². The zero-order valence-electron chi connectivity index (χ0n) is 7.16. The van der Waals surface area contributed by atoms with Gasteiger partial charge in [-0.3, -0.25) is 5.01 Å². The molecule has 2 heterocycles. The molecule has 0 bridgehead atoms. The molecule has 2 fully saturated rings. The summed E-state index contributed by atoms with van der Waals surface area (Å²) in [7, 11) is 0. The Morgan fingerprint density at radius 1 is 1.17 bits per heavy atom. The van der Waals surface area contributed by atoms with Gasteiger partial charge in [-0.15, -0.1) is 0 Å². The fourth-order valence-corrected chi connectivity index (χ4v) is 1.76. The van der Waals surface area contributed by atoms with Gasteiger partial charge in [-0.2, -0.15) is 5.10 Å². The van der Waals surface area contributed by atoms with E-state index < -0.39 is 0 Å². The second kappa shape index (κ2) is 3.03. The van der Waals surface area contributed by atoms with Crippen LogP contribution < -0.4 is 0 Å². The van der Waals surface area contributed by atoms with E-state index in [0.717, 1.165) is 39.1 Å². The summed E-state index contributed by atoms with van der Waals surface area (Å²) >= 11 is 0. The minimum absolute atomic E-state index is 0.277. The largest absolute Gasteiger partial charge is 0.347 e. The SMILES string of the molecule is C=NN1CCC2(CC1)OCCO2. The topological polar surface area (TPSA) is 34.1 Å². The van der Waals surface area contributed by atoms with Crippen LogP contribution in [0, 0.1) is 0 Å². The Labute approximate surface area is 72.1 Å². The Bertz CT molecular complexity index is 168. The van der Waals surface area contributed by atoms with Crippen molar-refractivity contribution >= 4 is 6.72 Å². The maximum absolute atomic E-state index is 5.56. The second-order valence-electron chi connectivity index (χ2n) is 3.20. The maximum atomic E-state index is 5.56. The molecule has 0 saturated carbocycles. The number of hydrogen-bond donors (Lipinski definition) is 0. The monoisotopic (exact) mass is 170 g/mol. The molecule has 0 unspecified atom stereocenters. The Hall–Kier alpha value is -0.610. The Morgan fingerprint density at radius 2 is 1.75 bits per heavy atom. The quantitative estimate of drug-likeness (QED) is 0.535. The van der Waals surface area contributed by atoms with Crippen molar-refractivity contribution in [3.05, 3.63) is 0 Å². The summed E-state index contributed by atoms with van der Waals surface area (Å²) in [5.74, 6) is -0.277.